The highest BCUT2D eigenvalue weighted by Gasteiger charge is 2.05. The molecule has 0 amide bonds. The maximum Gasteiger partial charge on any atom is 0.213 e. The largest absolute Gasteiger partial charge is 0.233 e. The maximum absolute atomic E-state index is 5.68. The van der Waals surface area contributed by atoms with Crippen molar-refractivity contribution in [3.8, 4) is 12.0 Å². The van der Waals surface area contributed by atoms with Gasteiger partial charge in [0.25, 0.3) is 0 Å². The number of para-hydroxylation sites is 1. The highest BCUT2D eigenvalue weighted by atomic mass is 32.1. The van der Waals surface area contributed by atoms with Gasteiger partial charge < -0.3 is 0 Å². The molecule has 0 fully saturated rings. The summed E-state index contributed by atoms with van der Waals surface area (Å²) in [6, 6.07) is 10.6. The number of aromatic nitrogens is 1. The van der Waals surface area contributed by atoms with E-state index in [0.29, 0.717) is 0 Å². The second kappa shape index (κ2) is 3.66. The highest BCUT2D eigenvalue weighted by Crippen LogP contribution is 2.26. The number of hydrogen-bond acceptors (Lipinski definition) is 4. The first-order valence-electron chi connectivity index (χ1n) is 4.14. The number of fused-ring (bicyclic) bond motifs is 1. The quantitative estimate of drug-likeness (QED) is 0.333. The molecular weight excluding hydrogens is 194 g/mol. The molecule has 0 atom stereocenters. The molecule has 70 valence electrons. The molecule has 0 aliphatic carbocycles. The smallest absolute Gasteiger partial charge is 0.213 e. The van der Waals surface area contributed by atoms with Crippen molar-refractivity contribution in [2.75, 3.05) is 5.01 Å². The van der Waals surface area contributed by atoms with E-state index in [1.54, 1.807) is 6.92 Å². The average molecular weight is 203 g/mol. The number of nitrogens with two attached hydrogens (primary N) is 1. The van der Waals surface area contributed by atoms with Crippen molar-refractivity contribution in [3.05, 3.63) is 24.3 Å². The lowest BCUT2D eigenvalue weighted by Gasteiger charge is -2.02. The van der Waals surface area contributed by atoms with Crippen molar-refractivity contribution in [1.82, 2.24) is 4.98 Å². The molecule has 1 aromatic heterocycles. The molecule has 0 spiro atoms. The zero-order valence-corrected chi connectivity index (χ0v) is 8.51. The van der Waals surface area contributed by atoms with Crippen LogP contribution in [0.4, 0.5) is 5.13 Å². The van der Waals surface area contributed by atoms with E-state index in [1.165, 1.54) is 16.3 Å². The molecule has 3 nitrogen and oxygen atoms in total. The van der Waals surface area contributed by atoms with Crippen LogP contribution in [0, 0.1) is 12.0 Å². The van der Waals surface area contributed by atoms with Crippen LogP contribution in [0.2, 0.25) is 0 Å². The molecule has 0 unspecified atom stereocenters. The highest BCUT2D eigenvalue weighted by molar-refractivity contribution is 7.22. The fourth-order valence-corrected chi connectivity index (χ4v) is 1.98. The third-order valence-electron chi connectivity index (χ3n) is 1.72. The van der Waals surface area contributed by atoms with Crippen LogP contribution in [0.25, 0.3) is 10.2 Å². The Morgan fingerprint density at radius 3 is 2.93 bits per heavy atom. The maximum atomic E-state index is 5.68. The molecular formula is C10H9N3S. The summed E-state index contributed by atoms with van der Waals surface area (Å²) in [5.41, 5.74) is 0.959. The predicted octanol–water partition coefficient (Wildman–Crippen LogP) is 1.96. The van der Waals surface area contributed by atoms with Gasteiger partial charge in [-0.15, -0.1) is 0 Å². The minimum Gasteiger partial charge on any atom is -0.233 e. The number of nitrogens with zero attached hydrogens (tertiary/aromatic N) is 2. The summed E-state index contributed by atoms with van der Waals surface area (Å²) in [6.07, 6.45) is 0. The number of hydrogen-bond donors (Lipinski definition) is 1. The summed E-state index contributed by atoms with van der Waals surface area (Å²) in [5, 5.41) is 2.07. The summed E-state index contributed by atoms with van der Waals surface area (Å²) in [6.45, 7) is 1.74. The molecule has 2 N–H and O–H groups in total. The SMILES string of the molecule is CC#CN(N)c1nc2ccccc2s1. The van der Waals surface area contributed by atoms with E-state index in [4.69, 9.17) is 5.84 Å². The Kier molecular flexibility index (Phi) is 2.35. The second-order valence-corrected chi connectivity index (χ2v) is 3.71. The van der Waals surface area contributed by atoms with Gasteiger partial charge in [-0.2, -0.15) is 0 Å². The third kappa shape index (κ3) is 1.55. The van der Waals surface area contributed by atoms with Gasteiger partial charge in [0.15, 0.2) is 0 Å². The lowest BCUT2D eigenvalue weighted by molar-refractivity contribution is 1.10. The topological polar surface area (TPSA) is 42.1 Å². The number of hydrazine groups is 1. The summed E-state index contributed by atoms with van der Waals surface area (Å²) in [4.78, 5) is 4.35. The minimum absolute atomic E-state index is 0.723. The molecule has 0 saturated heterocycles. The summed E-state index contributed by atoms with van der Waals surface area (Å²) in [7, 11) is 0. The second-order valence-electron chi connectivity index (χ2n) is 2.70. The van der Waals surface area contributed by atoms with E-state index in [1.807, 2.05) is 24.3 Å². The van der Waals surface area contributed by atoms with E-state index in [0.717, 1.165) is 15.3 Å². The average Bonchev–Trinajstić information content (AvgIpc) is 2.61. The Balaban J connectivity index is 2.48. The van der Waals surface area contributed by atoms with Crippen molar-refractivity contribution in [1.29, 1.82) is 0 Å². The molecule has 0 radical (unpaired) electrons. The van der Waals surface area contributed by atoms with Crippen molar-refractivity contribution < 1.29 is 0 Å². The summed E-state index contributed by atoms with van der Waals surface area (Å²) in [5.74, 6) is 8.40. The molecule has 0 saturated carbocycles. The number of benzene rings is 1. The van der Waals surface area contributed by atoms with Gasteiger partial charge in [-0.05, 0) is 19.1 Å². The fourth-order valence-electron chi connectivity index (χ4n) is 1.13. The number of thiazole rings is 1. The molecule has 4 heteroatoms. The lowest BCUT2D eigenvalue weighted by atomic mass is 10.3. The monoisotopic (exact) mass is 203 g/mol. The van der Waals surface area contributed by atoms with Crippen LogP contribution >= 0.6 is 11.3 Å². The Morgan fingerprint density at radius 2 is 2.21 bits per heavy atom. The van der Waals surface area contributed by atoms with E-state index in [2.05, 4.69) is 16.9 Å². The van der Waals surface area contributed by atoms with E-state index >= 15 is 0 Å². The van der Waals surface area contributed by atoms with Gasteiger partial charge in [-0.3, -0.25) is 0 Å². The van der Waals surface area contributed by atoms with E-state index in [-0.39, 0.29) is 0 Å². The molecule has 0 aliphatic rings. The minimum atomic E-state index is 0.723. The van der Waals surface area contributed by atoms with Gasteiger partial charge in [0.1, 0.15) is 0 Å². The van der Waals surface area contributed by atoms with Crippen LogP contribution < -0.4 is 10.9 Å². The van der Waals surface area contributed by atoms with Crippen LogP contribution in [-0.4, -0.2) is 4.98 Å². The van der Waals surface area contributed by atoms with Gasteiger partial charge in [0.05, 0.1) is 10.2 Å². The van der Waals surface area contributed by atoms with E-state index < -0.39 is 0 Å². The van der Waals surface area contributed by atoms with Gasteiger partial charge in [0, 0.05) is 6.04 Å². The molecule has 1 heterocycles. The molecule has 0 bridgehead atoms. The van der Waals surface area contributed by atoms with Crippen LogP contribution in [0.5, 0.6) is 0 Å². The molecule has 0 aliphatic heterocycles. The number of anilines is 1. The first-order valence-corrected chi connectivity index (χ1v) is 4.95. The zero-order chi connectivity index (χ0) is 9.97. The first-order chi connectivity index (χ1) is 6.81. The number of rotatable bonds is 1. The predicted molar refractivity (Wildman–Crippen MR) is 59.7 cm³/mol. The standard InChI is InChI=1S/C10H9N3S/c1-2-7-13(11)10-12-8-5-3-4-6-9(8)14-10/h3-6H,11H2,1H3. The van der Waals surface area contributed by atoms with Gasteiger partial charge in [-0.25, -0.2) is 15.8 Å². The van der Waals surface area contributed by atoms with Crippen LogP contribution in [-0.2, 0) is 0 Å². The normalized spacial score (nSPS) is 9.57. The summed E-state index contributed by atoms with van der Waals surface area (Å²) < 4.78 is 1.12. The lowest BCUT2D eigenvalue weighted by Crippen LogP contribution is -2.24. The Morgan fingerprint density at radius 1 is 1.43 bits per heavy atom. The van der Waals surface area contributed by atoms with Gasteiger partial charge in [-0.1, -0.05) is 29.4 Å². The molecule has 14 heavy (non-hydrogen) atoms. The molecule has 1 aromatic carbocycles. The van der Waals surface area contributed by atoms with Crippen LogP contribution in [0.1, 0.15) is 6.92 Å². The molecule has 2 rings (SSSR count). The first kappa shape index (κ1) is 9.00. The van der Waals surface area contributed by atoms with Crippen LogP contribution in [0.15, 0.2) is 24.3 Å². The Bertz CT molecular complexity index is 474. The zero-order valence-electron chi connectivity index (χ0n) is 7.69. The van der Waals surface area contributed by atoms with E-state index in [9.17, 15) is 0 Å². The van der Waals surface area contributed by atoms with Gasteiger partial charge in [0.2, 0.25) is 5.13 Å². The van der Waals surface area contributed by atoms with Crippen molar-refractivity contribution in [2.45, 2.75) is 6.92 Å². The van der Waals surface area contributed by atoms with Crippen molar-refractivity contribution in [2.24, 2.45) is 5.84 Å². The molecule has 2 aromatic rings. The Hall–Kier alpha value is -1.57. The fraction of sp³-hybridized carbons (Fsp3) is 0.100. The van der Waals surface area contributed by atoms with Crippen molar-refractivity contribution >= 4 is 26.7 Å². The van der Waals surface area contributed by atoms with Gasteiger partial charge >= 0.3 is 0 Å². The third-order valence-corrected chi connectivity index (χ3v) is 2.76. The summed E-state index contributed by atoms with van der Waals surface area (Å²) >= 11 is 1.53. The van der Waals surface area contributed by atoms with Crippen molar-refractivity contribution in [3.63, 3.8) is 0 Å². The van der Waals surface area contributed by atoms with Crippen LogP contribution in [0.3, 0.4) is 0 Å². The Labute approximate surface area is 86.1 Å².